The van der Waals surface area contributed by atoms with Crippen molar-refractivity contribution in [3.05, 3.63) is 33.9 Å². The van der Waals surface area contributed by atoms with Gasteiger partial charge in [0.2, 0.25) is 10.0 Å². The first-order chi connectivity index (χ1) is 9.77. The molecule has 2 N–H and O–H groups in total. The standard InChI is InChI=1S/C12H16FN3O4S/c13-10-3-5-15(6-4-10)8-9-1-2-11(21(14,19)20)7-12(9)16(17)18/h1-2,7,10H,3-6,8H2,(H2,14,19,20). The fourth-order valence-corrected chi connectivity index (χ4v) is 2.86. The van der Waals surface area contributed by atoms with Gasteiger partial charge >= 0.3 is 0 Å². The van der Waals surface area contributed by atoms with Crippen molar-refractivity contribution in [3.8, 4) is 0 Å². The Kier molecular flexibility index (Phi) is 4.55. The minimum Gasteiger partial charge on any atom is -0.299 e. The summed E-state index contributed by atoms with van der Waals surface area (Å²) in [4.78, 5) is 12.1. The average Bonchev–Trinajstić information content (AvgIpc) is 2.40. The van der Waals surface area contributed by atoms with Gasteiger partial charge in [0.15, 0.2) is 0 Å². The van der Waals surface area contributed by atoms with Gasteiger partial charge in [0.25, 0.3) is 5.69 Å². The molecule has 0 radical (unpaired) electrons. The molecule has 7 nitrogen and oxygen atoms in total. The normalized spacial score (nSPS) is 17.8. The number of primary sulfonamides is 1. The SMILES string of the molecule is NS(=O)(=O)c1ccc(CN2CCC(F)CC2)c([N+](=O)[O-])c1. The van der Waals surface area contributed by atoms with E-state index in [0.717, 1.165) is 6.07 Å². The first kappa shape index (κ1) is 15.8. The van der Waals surface area contributed by atoms with Gasteiger partial charge in [0.05, 0.1) is 9.82 Å². The maximum absolute atomic E-state index is 13.1. The third-order valence-corrected chi connectivity index (χ3v) is 4.40. The summed E-state index contributed by atoms with van der Waals surface area (Å²) in [6.45, 7) is 1.33. The Hall–Kier alpha value is -1.58. The zero-order chi connectivity index (χ0) is 15.6. The maximum atomic E-state index is 13.1. The van der Waals surface area contributed by atoms with Gasteiger partial charge < -0.3 is 0 Å². The van der Waals surface area contributed by atoms with Gasteiger partial charge in [0.1, 0.15) is 6.17 Å². The van der Waals surface area contributed by atoms with Crippen LogP contribution in [0, 0.1) is 10.1 Å². The van der Waals surface area contributed by atoms with E-state index < -0.39 is 21.1 Å². The predicted molar refractivity (Wildman–Crippen MR) is 73.9 cm³/mol. The zero-order valence-electron chi connectivity index (χ0n) is 11.2. The molecule has 2 rings (SSSR count). The second-order valence-electron chi connectivity index (χ2n) is 5.04. The summed E-state index contributed by atoms with van der Waals surface area (Å²) < 4.78 is 35.6. The topological polar surface area (TPSA) is 107 Å². The lowest BCUT2D eigenvalue weighted by atomic mass is 10.1. The van der Waals surface area contributed by atoms with Gasteiger partial charge in [-0.1, -0.05) is 0 Å². The van der Waals surface area contributed by atoms with E-state index in [2.05, 4.69) is 0 Å². The Balaban J connectivity index is 2.25. The molecule has 0 atom stereocenters. The number of nitro benzene ring substituents is 1. The molecule has 1 heterocycles. The van der Waals surface area contributed by atoms with Crippen molar-refractivity contribution in [2.45, 2.75) is 30.5 Å². The first-order valence-corrected chi connectivity index (χ1v) is 7.98. The minimum atomic E-state index is -3.98. The molecule has 0 aromatic heterocycles. The smallest absolute Gasteiger partial charge is 0.275 e. The molecule has 116 valence electrons. The van der Waals surface area contributed by atoms with Crippen LogP contribution in [0.5, 0.6) is 0 Å². The van der Waals surface area contributed by atoms with Gasteiger partial charge in [-0.15, -0.1) is 0 Å². The van der Waals surface area contributed by atoms with Crippen molar-refractivity contribution in [2.75, 3.05) is 13.1 Å². The predicted octanol–water partition coefficient (Wildman–Crippen LogP) is 1.18. The lowest BCUT2D eigenvalue weighted by Crippen LogP contribution is -2.34. The third-order valence-electron chi connectivity index (χ3n) is 3.49. The molecule has 0 amide bonds. The highest BCUT2D eigenvalue weighted by atomic mass is 32.2. The number of nitro groups is 1. The van der Waals surface area contributed by atoms with E-state index in [-0.39, 0.29) is 17.1 Å². The van der Waals surface area contributed by atoms with E-state index in [0.29, 0.717) is 31.5 Å². The molecule has 1 fully saturated rings. The quantitative estimate of drug-likeness (QED) is 0.663. The summed E-state index contributed by atoms with van der Waals surface area (Å²) in [6, 6.07) is 3.60. The van der Waals surface area contributed by atoms with E-state index in [4.69, 9.17) is 5.14 Å². The van der Waals surface area contributed by atoms with Crippen LogP contribution in [0.2, 0.25) is 0 Å². The molecule has 0 bridgehead atoms. The number of hydrogen-bond donors (Lipinski definition) is 1. The third kappa shape index (κ3) is 3.96. The molecule has 1 saturated heterocycles. The monoisotopic (exact) mass is 317 g/mol. The first-order valence-electron chi connectivity index (χ1n) is 6.44. The lowest BCUT2D eigenvalue weighted by molar-refractivity contribution is -0.386. The van der Waals surface area contributed by atoms with Crippen molar-refractivity contribution in [3.63, 3.8) is 0 Å². The van der Waals surface area contributed by atoms with Crippen LogP contribution in [0.15, 0.2) is 23.1 Å². The molecule has 0 saturated carbocycles. The second kappa shape index (κ2) is 6.04. The number of rotatable bonds is 4. The molecule has 1 aromatic carbocycles. The van der Waals surface area contributed by atoms with Crippen molar-refractivity contribution in [1.82, 2.24) is 4.90 Å². The van der Waals surface area contributed by atoms with Crippen LogP contribution in [-0.4, -0.2) is 37.5 Å². The Bertz CT molecular complexity index is 642. The highest BCUT2D eigenvalue weighted by Crippen LogP contribution is 2.25. The van der Waals surface area contributed by atoms with Crippen LogP contribution in [0.3, 0.4) is 0 Å². The highest BCUT2D eigenvalue weighted by Gasteiger charge is 2.23. The molecule has 21 heavy (non-hydrogen) atoms. The summed E-state index contributed by atoms with van der Waals surface area (Å²) >= 11 is 0. The van der Waals surface area contributed by atoms with Crippen LogP contribution < -0.4 is 5.14 Å². The fourth-order valence-electron chi connectivity index (χ4n) is 2.32. The Labute approximate surface area is 121 Å². The number of nitrogens with two attached hydrogens (primary N) is 1. The lowest BCUT2D eigenvalue weighted by Gasteiger charge is -2.28. The number of piperidine rings is 1. The Morgan fingerprint density at radius 1 is 1.38 bits per heavy atom. The molecule has 0 spiro atoms. The van der Waals surface area contributed by atoms with E-state index >= 15 is 0 Å². The summed E-state index contributed by atoms with van der Waals surface area (Å²) in [6.07, 6.45) is -0.00690. The number of halogens is 1. The van der Waals surface area contributed by atoms with Gasteiger partial charge in [-0.2, -0.15) is 0 Å². The van der Waals surface area contributed by atoms with Crippen molar-refractivity contribution in [1.29, 1.82) is 0 Å². The summed E-state index contributed by atoms with van der Waals surface area (Å²) in [5.41, 5.74) is 0.105. The van der Waals surface area contributed by atoms with E-state index in [1.807, 2.05) is 4.90 Å². The number of sulfonamides is 1. The zero-order valence-corrected chi connectivity index (χ0v) is 12.1. The second-order valence-corrected chi connectivity index (χ2v) is 6.60. The van der Waals surface area contributed by atoms with E-state index in [1.54, 1.807) is 0 Å². The fraction of sp³-hybridized carbons (Fsp3) is 0.500. The Morgan fingerprint density at radius 3 is 2.52 bits per heavy atom. The number of benzene rings is 1. The van der Waals surface area contributed by atoms with Crippen molar-refractivity contribution < 1.29 is 17.7 Å². The molecular weight excluding hydrogens is 301 g/mol. The van der Waals surface area contributed by atoms with Gasteiger partial charge in [0, 0.05) is 31.3 Å². The molecule has 9 heteroatoms. The van der Waals surface area contributed by atoms with Gasteiger partial charge in [-0.25, -0.2) is 17.9 Å². The van der Waals surface area contributed by atoms with Gasteiger partial charge in [-0.05, 0) is 25.0 Å². The van der Waals surface area contributed by atoms with Crippen LogP contribution in [0.4, 0.5) is 10.1 Å². The molecule has 1 aliphatic heterocycles. The number of hydrogen-bond acceptors (Lipinski definition) is 5. The summed E-state index contributed by atoms with van der Waals surface area (Å²) in [7, 11) is -3.98. The van der Waals surface area contributed by atoms with Crippen molar-refractivity contribution >= 4 is 15.7 Å². The molecule has 1 aliphatic rings. The van der Waals surface area contributed by atoms with Gasteiger partial charge in [-0.3, -0.25) is 15.0 Å². The molecule has 1 aromatic rings. The number of likely N-dealkylation sites (tertiary alicyclic amines) is 1. The number of alkyl halides is 1. The van der Waals surface area contributed by atoms with Crippen LogP contribution in [0.1, 0.15) is 18.4 Å². The van der Waals surface area contributed by atoms with Crippen molar-refractivity contribution in [2.24, 2.45) is 5.14 Å². The minimum absolute atomic E-state index is 0.286. The highest BCUT2D eigenvalue weighted by molar-refractivity contribution is 7.89. The van der Waals surface area contributed by atoms with E-state index in [9.17, 15) is 22.9 Å². The largest absolute Gasteiger partial charge is 0.299 e. The molecule has 0 aliphatic carbocycles. The van der Waals surface area contributed by atoms with E-state index in [1.165, 1.54) is 12.1 Å². The molecule has 0 unspecified atom stereocenters. The molecular formula is C12H16FN3O4S. The average molecular weight is 317 g/mol. The summed E-state index contributed by atoms with van der Waals surface area (Å²) in [5, 5.41) is 16.1. The van der Waals surface area contributed by atoms with Crippen LogP contribution in [-0.2, 0) is 16.6 Å². The summed E-state index contributed by atoms with van der Waals surface area (Å²) in [5.74, 6) is 0. The van der Waals surface area contributed by atoms with Crippen LogP contribution in [0.25, 0.3) is 0 Å². The van der Waals surface area contributed by atoms with Crippen LogP contribution >= 0.6 is 0 Å². The maximum Gasteiger partial charge on any atom is 0.275 e. The number of nitrogens with zero attached hydrogens (tertiary/aromatic N) is 2. The Morgan fingerprint density at radius 2 is 2.00 bits per heavy atom.